The predicted molar refractivity (Wildman–Crippen MR) is 91.5 cm³/mol. The van der Waals surface area contributed by atoms with Gasteiger partial charge in [-0.3, -0.25) is 4.79 Å². The van der Waals surface area contributed by atoms with Gasteiger partial charge in [-0.05, 0) is 12.1 Å². The molecule has 0 saturated carbocycles. The van der Waals surface area contributed by atoms with Crippen LogP contribution in [0.5, 0.6) is 0 Å². The highest BCUT2D eigenvalue weighted by Crippen LogP contribution is 2.21. The van der Waals surface area contributed by atoms with Gasteiger partial charge in [-0.2, -0.15) is 0 Å². The first-order valence-corrected chi connectivity index (χ1v) is 8.29. The van der Waals surface area contributed by atoms with Crippen molar-refractivity contribution in [1.82, 2.24) is 19.8 Å². The predicted octanol–water partition coefficient (Wildman–Crippen LogP) is 2.00. The van der Waals surface area contributed by atoms with Gasteiger partial charge < -0.3 is 15.2 Å². The standard InChI is InChI=1S/C16H17N5O2S/c1-20(10-13-8-5-9-23-13)14(22)11-24-16-19-18-15(21(16)17)12-6-3-2-4-7-12/h2-9H,10-11,17H2,1H3. The van der Waals surface area contributed by atoms with Crippen LogP contribution in [0.2, 0.25) is 0 Å². The minimum atomic E-state index is -0.0411. The van der Waals surface area contributed by atoms with Crippen LogP contribution in [0.15, 0.2) is 58.3 Å². The summed E-state index contributed by atoms with van der Waals surface area (Å²) in [5.74, 6) is 7.53. The Hall–Kier alpha value is -2.74. The summed E-state index contributed by atoms with van der Waals surface area (Å²) in [6, 6.07) is 13.2. The van der Waals surface area contributed by atoms with Crippen molar-refractivity contribution in [2.24, 2.45) is 0 Å². The van der Waals surface area contributed by atoms with Gasteiger partial charge in [0.25, 0.3) is 0 Å². The van der Waals surface area contributed by atoms with Gasteiger partial charge >= 0.3 is 0 Å². The third-order valence-corrected chi connectivity index (χ3v) is 4.35. The zero-order valence-electron chi connectivity index (χ0n) is 13.1. The number of amides is 1. The topological polar surface area (TPSA) is 90.2 Å². The minimum absolute atomic E-state index is 0.0411. The summed E-state index contributed by atoms with van der Waals surface area (Å²) in [5, 5.41) is 8.65. The first-order valence-electron chi connectivity index (χ1n) is 7.30. The highest BCUT2D eigenvalue weighted by atomic mass is 32.2. The molecule has 2 N–H and O–H groups in total. The molecular formula is C16H17N5O2S. The smallest absolute Gasteiger partial charge is 0.233 e. The fourth-order valence-electron chi connectivity index (χ4n) is 2.12. The van der Waals surface area contributed by atoms with Crippen molar-refractivity contribution in [2.75, 3.05) is 18.6 Å². The molecule has 8 heteroatoms. The Kier molecular flexibility index (Phi) is 4.85. The maximum Gasteiger partial charge on any atom is 0.233 e. The molecule has 24 heavy (non-hydrogen) atoms. The van der Waals surface area contributed by atoms with Crippen molar-refractivity contribution in [3.63, 3.8) is 0 Å². The number of benzene rings is 1. The first kappa shape index (κ1) is 16.1. The van der Waals surface area contributed by atoms with E-state index in [9.17, 15) is 4.79 Å². The van der Waals surface area contributed by atoms with Gasteiger partial charge in [0, 0.05) is 12.6 Å². The van der Waals surface area contributed by atoms with Crippen molar-refractivity contribution in [3.05, 3.63) is 54.5 Å². The van der Waals surface area contributed by atoms with E-state index < -0.39 is 0 Å². The molecule has 0 aliphatic heterocycles. The van der Waals surface area contributed by atoms with E-state index in [0.717, 1.165) is 11.3 Å². The maximum absolute atomic E-state index is 12.2. The fraction of sp³-hybridized carbons (Fsp3) is 0.188. The van der Waals surface area contributed by atoms with Crippen molar-refractivity contribution < 1.29 is 9.21 Å². The van der Waals surface area contributed by atoms with Crippen LogP contribution in [0.1, 0.15) is 5.76 Å². The Morgan fingerprint density at radius 1 is 1.25 bits per heavy atom. The second-order valence-electron chi connectivity index (χ2n) is 5.16. The Bertz CT molecular complexity index is 801. The molecule has 3 aromatic rings. The van der Waals surface area contributed by atoms with Crippen molar-refractivity contribution >= 4 is 17.7 Å². The van der Waals surface area contributed by atoms with E-state index in [1.807, 2.05) is 36.4 Å². The molecule has 3 rings (SSSR count). The number of aromatic nitrogens is 3. The summed E-state index contributed by atoms with van der Waals surface area (Å²) < 4.78 is 6.64. The molecule has 0 saturated heterocycles. The van der Waals surface area contributed by atoms with Gasteiger partial charge in [-0.1, -0.05) is 42.1 Å². The largest absolute Gasteiger partial charge is 0.467 e. The molecule has 0 spiro atoms. The SMILES string of the molecule is CN(Cc1ccco1)C(=O)CSc1nnc(-c2ccccc2)n1N. The summed E-state index contributed by atoms with van der Waals surface area (Å²) in [5.41, 5.74) is 0.876. The summed E-state index contributed by atoms with van der Waals surface area (Å²) in [6.45, 7) is 0.428. The summed E-state index contributed by atoms with van der Waals surface area (Å²) in [6.07, 6.45) is 1.59. The highest BCUT2D eigenvalue weighted by molar-refractivity contribution is 7.99. The van der Waals surface area contributed by atoms with E-state index in [-0.39, 0.29) is 11.7 Å². The molecule has 0 atom stereocenters. The zero-order valence-corrected chi connectivity index (χ0v) is 13.9. The van der Waals surface area contributed by atoms with Gasteiger partial charge in [0.2, 0.25) is 11.1 Å². The number of carbonyl (C=O) groups is 1. The van der Waals surface area contributed by atoms with Crippen LogP contribution in [-0.4, -0.2) is 38.5 Å². The first-order chi connectivity index (χ1) is 11.6. The molecule has 2 heterocycles. The number of hydrogen-bond acceptors (Lipinski definition) is 6. The minimum Gasteiger partial charge on any atom is -0.467 e. The number of nitrogen functional groups attached to an aromatic ring is 1. The van der Waals surface area contributed by atoms with Crippen LogP contribution in [-0.2, 0) is 11.3 Å². The average Bonchev–Trinajstić information content (AvgIpc) is 3.23. The van der Waals surface area contributed by atoms with Crippen LogP contribution in [0, 0.1) is 0 Å². The van der Waals surface area contributed by atoms with Crippen molar-refractivity contribution in [1.29, 1.82) is 0 Å². The number of furan rings is 1. The molecule has 2 aromatic heterocycles. The number of nitrogens with two attached hydrogens (primary N) is 1. The number of rotatable bonds is 6. The molecular weight excluding hydrogens is 326 g/mol. The molecule has 0 radical (unpaired) electrons. The van der Waals surface area contributed by atoms with E-state index in [0.29, 0.717) is 17.5 Å². The van der Waals surface area contributed by atoms with E-state index in [4.69, 9.17) is 10.3 Å². The van der Waals surface area contributed by atoms with Gasteiger partial charge in [-0.25, -0.2) is 4.68 Å². The number of hydrogen-bond donors (Lipinski definition) is 1. The van der Waals surface area contributed by atoms with E-state index in [2.05, 4.69) is 10.2 Å². The van der Waals surface area contributed by atoms with Gasteiger partial charge in [0.1, 0.15) is 5.76 Å². The fourth-order valence-corrected chi connectivity index (χ4v) is 2.92. The number of carbonyl (C=O) groups excluding carboxylic acids is 1. The second kappa shape index (κ2) is 7.22. The maximum atomic E-state index is 12.2. The van der Waals surface area contributed by atoms with Crippen LogP contribution in [0.4, 0.5) is 0 Å². The van der Waals surface area contributed by atoms with Crippen LogP contribution >= 0.6 is 11.8 Å². The Morgan fingerprint density at radius 2 is 2.04 bits per heavy atom. The van der Waals surface area contributed by atoms with Crippen LogP contribution in [0.25, 0.3) is 11.4 Å². The molecule has 0 fully saturated rings. The molecule has 0 bridgehead atoms. The van der Waals surface area contributed by atoms with Crippen LogP contribution < -0.4 is 5.84 Å². The van der Waals surface area contributed by atoms with Gasteiger partial charge in [0.05, 0.1) is 18.6 Å². The lowest BCUT2D eigenvalue weighted by atomic mass is 10.2. The van der Waals surface area contributed by atoms with Crippen molar-refractivity contribution in [3.8, 4) is 11.4 Å². The Balaban J connectivity index is 1.61. The zero-order chi connectivity index (χ0) is 16.9. The molecule has 124 valence electrons. The lowest BCUT2D eigenvalue weighted by molar-refractivity contribution is -0.127. The highest BCUT2D eigenvalue weighted by Gasteiger charge is 2.16. The number of thioether (sulfide) groups is 1. The summed E-state index contributed by atoms with van der Waals surface area (Å²) in [7, 11) is 1.73. The number of nitrogens with zero attached hydrogens (tertiary/aromatic N) is 4. The molecule has 0 unspecified atom stereocenters. The molecule has 0 aliphatic rings. The van der Waals surface area contributed by atoms with E-state index >= 15 is 0 Å². The normalized spacial score (nSPS) is 10.7. The van der Waals surface area contributed by atoms with E-state index in [1.165, 1.54) is 16.4 Å². The molecule has 1 aromatic carbocycles. The quantitative estimate of drug-likeness (QED) is 0.544. The monoisotopic (exact) mass is 343 g/mol. The Morgan fingerprint density at radius 3 is 2.75 bits per heavy atom. The molecule has 1 amide bonds. The Labute approximate surface area is 143 Å². The van der Waals surface area contributed by atoms with Crippen LogP contribution in [0.3, 0.4) is 0 Å². The summed E-state index contributed by atoms with van der Waals surface area (Å²) >= 11 is 1.25. The molecule has 7 nitrogen and oxygen atoms in total. The second-order valence-corrected chi connectivity index (χ2v) is 6.10. The summed E-state index contributed by atoms with van der Waals surface area (Å²) in [4.78, 5) is 13.8. The lowest BCUT2D eigenvalue weighted by Crippen LogP contribution is -2.27. The third kappa shape index (κ3) is 3.60. The van der Waals surface area contributed by atoms with Gasteiger partial charge in [-0.15, -0.1) is 10.2 Å². The van der Waals surface area contributed by atoms with Crippen molar-refractivity contribution in [2.45, 2.75) is 11.7 Å². The lowest BCUT2D eigenvalue weighted by Gasteiger charge is -2.15. The van der Waals surface area contributed by atoms with E-state index in [1.54, 1.807) is 24.3 Å². The third-order valence-electron chi connectivity index (χ3n) is 3.42. The average molecular weight is 343 g/mol. The molecule has 0 aliphatic carbocycles. The van der Waals surface area contributed by atoms with Gasteiger partial charge in [0.15, 0.2) is 5.82 Å².